The summed E-state index contributed by atoms with van der Waals surface area (Å²) in [7, 11) is 0. The minimum absolute atomic E-state index is 0. The summed E-state index contributed by atoms with van der Waals surface area (Å²) >= 11 is 0. The zero-order valence-corrected chi connectivity index (χ0v) is 11.5. The Balaban J connectivity index is 0.00000162. The smallest absolute Gasteiger partial charge is 0.0208 e. The van der Waals surface area contributed by atoms with Crippen molar-refractivity contribution in [1.29, 1.82) is 0 Å². The largest absolute Gasteiger partial charge is 0.312 e. The van der Waals surface area contributed by atoms with E-state index in [-0.39, 0.29) is 12.4 Å². The highest BCUT2D eigenvalue weighted by molar-refractivity contribution is 5.85. The fourth-order valence-electron chi connectivity index (χ4n) is 1.91. The zero-order chi connectivity index (χ0) is 11.9. The molecule has 1 nitrogen and oxygen atoms in total. The minimum atomic E-state index is 0. The third-order valence-electron chi connectivity index (χ3n) is 3.01. The highest BCUT2D eigenvalue weighted by Crippen LogP contribution is 2.06. The Hall–Kier alpha value is -1.31. The van der Waals surface area contributed by atoms with E-state index >= 15 is 0 Å². The van der Waals surface area contributed by atoms with Crippen LogP contribution in [0.1, 0.15) is 16.7 Å². The van der Waals surface area contributed by atoms with E-state index in [0.29, 0.717) is 0 Å². The summed E-state index contributed by atoms with van der Waals surface area (Å²) in [5.41, 5.74) is 4.14. The molecule has 0 radical (unpaired) electrons. The van der Waals surface area contributed by atoms with Gasteiger partial charge in [-0.3, -0.25) is 0 Å². The van der Waals surface area contributed by atoms with Gasteiger partial charge in [-0.1, -0.05) is 54.6 Å². The lowest BCUT2D eigenvalue weighted by atomic mass is 10.1. The Labute approximate surface area is 116 Å². The quantitative estimate of drug-likeness (QED) is 0.809. The van der Waals surface area contributed by atoms with Gasteiger partial charge in [-0.05, 0) is 36.6 Å². The van der Waals surface area contributed by atoms with E-state index in [9.17, 15) is 0 Å². The van der Waals surface area contributed by atoms with Gasteiger partial charge in [0.2, 0.25) is 0 Å². The van der Waals surface area contributed by atoms with Crippen molar-refractivity contribution in [3.63, 3.8) is 0 Å². The summed E-state index contributed by atoms with van der Waals surface area (Å²) in [4.78, 5) is 0. The highest BCUT2D eigenvalue weighted by atomic mass is 35.5. The molecule has 0 aliphatic carbocycles. The van der Waals surface area contributed by atoms with Crippen LogP contribution < -0.4 is 5.32 Å². The van der Waals surface area contributed by atoms with Crippen molar-refractivity contribution >= 4 is 12.4 Å². The maximum absolute atomic E-state index is 3.49. The molecule has 0 heterocycles. The van der Waals surface area contributed by atoms with Gasteiger partial charge >= 0.3 is 0 Å². The molecular formula is C16H20ClN. The summed E-state index contributed by atoms with van der Waals surface area (Å²) < 4.78 is 0. The molecular weight excluding hydrogens is 242 g/mol. The predicted molar refractivity (Wildman–Crippen MR) is 80.3 cm³/mol. The second-order valence-electron chi connectivity index (χ2n) is 4.34. The Bertz CT molecular complexity index is 454. The number of benzene rings is 2. The van der Waals surface area contributed by atoms with Crippen molar-refractivity contribution in [2.24, 2.45) is 0 Å². The maximum Gasteiger partial charge on any atom is 0.0208 e. The Morgan fingerprint density at radius 2 is 1.56 bits per heavy atom. The first-order valence-electron chi connectivity index (χ1n) is 6.15. The first kappa shape index (κ1) is 14.7. The number of rotatable bonds is 5. The first-order chi connectivity index (χ1) is 8.36. The molecule has 0 fully saturated rings. The van der Waals surface area contributed by atoms with Crippen molar-refractivity contribution in [1.82, 2.24) is 5.32 Å². The van der Waals surface area contributed by atoms with Crippen LogP contribution in [0.3, 0.4) is 0 Å². The summed E-state index contributed by atoms with van der Waals surface area (Å²) in [6.07, 6.45) is 1.09. The Morgan fingerprint density at radius 1 is 0.889 bits per heavy atom. The molecule has 2 aromatic carbocycles. The molecule has 96 valence electrons. The SMILES string of the molecule is Cc1ccccc1CNCCc1ccccc1.Cl. The molecule has 0 aliphatic heterocycles. The fraction of sp³-hybridized carbons (Fsp3) is 0.250. The second-order valence-corrected chi connectivity index (χ2v) is 4.34. The molecule has 0 spiro atoms. The lowest BCUT2D eigenvalue weighted by molar-refractivity contribution is 0.684. The van der Waals surface area contributed by atoms with E-state index in [4.69, 9.17) is 0 Å². The molecule has 2 aromatic rings. The molecule has 2 rings (SSSR count). The van der Waals surface area contributed by atoms with E-state index in [0.717, 1.165) is 19.5 Å². The van der Waals surface area contributed by atoms with Gasteiger partial charge in [0.05, 0.1) is 0 Å². The van der Waals surface area contributed by atoms with Crippen LogP contribution in [-0.2, 0) is 13.0 Å². The van der Waals surface area contributed by atoms with E-state index in [2.05, 4.69) is 66.8 Å². The lowest BCUT2D eigenvalue weighted by Gasteiger charge is -2.07. The lowest BCUT2D eigenvalue weighted by Crippen LogP contribution is -2.17. The third-order valence-corrected chi connectivity index (χ3v) is 3.01. The van der Waals surface area contributed by atoms with Crippen LogP contribution in [0, 0.1) is 6.92 Å². The third kappa shape index (κ3) is 4.52. The van der Waals surface area contributed by atoms with Crippen LogP contribution >= 0.6 is 12.4 Å². The van der Waals surface area contributed by atoms with E-state index in [1.165, 1.54) is 16.7 Å². The van der Waals surface area contributed by atoms with Crippen molar-refractivity contribution in [3.8, 4) is 0 Å². The van der Waals surface area contributed by atoms with Crippen molar-refractivity contribution in [2.75, 3.05) is 6.54 Å². The Kier molecular flexibility index (Phi) is 6.48. The van der Waals surface area contributed by atoms with Crippen LogP contribution in [0.25, 0.3) is 0 Å². The summed E-state index contributed by atoms with van der Waals surface area (Å²) in [5.74, 6) is 0. The monoisotopic (exact) mass is 261 g/mol. The number of hydrogen-bond acceptors (Lipinski definition) is 1. The summed E-state index contributed by atoms with van der Waals surface area (Å²) in [6, 6.07) is 19.1. The van der Waals surface area contributed by atoms with Crippen molar-refractivity contribution in [3.05, 3.63) is 71.3 Å². The molecule has 0 aromatic heterocycles. The van der Waals surface area contributed by atoms with Crippen molar-refractivity contribution < 1.29 is 0 Å². The van der Waals surface area contributed by atoms with Gasteiger partial charge in [0.15, 0.2) is 0 Å². The van der Waals surface area contributed by atoms with Gasteiger partial charge in [-0.15, -0.1) is 12.4 Å². The van der Waals surface area contributed by atoms with Crippen LogP contribution in [0.2, 0.25) is 0 Å². The standard InChI is InChI=1S/C16H19N.ClH/c1-14-7-5-6-10-16(14)13-17-12-11-15-8-3-2-4-9-15;/h2-10,17H,11-13H2,1H3;1H. The summed E-state index contributed by atoms with van der Waals surface area (Å²) in [5, 5.41) is 3.49. The predicted octanol–water partition coefficient (Wildman–Crippen LogP) is 3.75. The molecule has 18 heavy (non-hydrogen) atoms. The van der Waals surface area contributed by atoms with Crippen LogP contribution in [-0.4, -0.2) is 6.54 Å². The fourth-order valence-corrected chi connectivity index (χ4v) is 1.91. The molecule has 0 aliphatic rings. The van der Waals surface area contributed by atoms with Gasteiger partial charge in [-0.2, -0.15) is 0 Å². The molecule has 0 saturated heterocycles. The van der Waals surface area contributed by atoms with E-state index in [1.807, 2.05) is 0 Å². The average molecular weight is 262 g/mol. The van der Waals surface area contributed by atoms with Gasteiger partial charge < -0.3 is 5.32 Å². The summed E-state index contributed by atoms with van der Waals surface area (Å²) in [6.45, 7) is 4.14. The molecule has 0 bridgehead atoms. The highest BCUT2D eigenvalue weighted by Gasteiger charge is 1.96. The maximum atomic E-state index is 3.49. The van der Waals surface area contributed by atoms with Crippen molar-refractivity contribution in [2.45, 2.75) is 19.9 Å². The number of nitrogens with one attached hydrogen (secondary N) is 1. The molecule has 0 amide bonds. The molecule has 0 atom stereocenters. The van der Waals surface area contributed by atoms with Crippen LogP contribution in [0.15, 0.2) is 54.6 Å². The van der Waals surface area contributed by atoms with Gasteiger partial charge in [0.25, 0.3) is 0 Å². The molecule has 0 saturated carbocycles. The molecule has 2 heteroatoms. The van der Waals surface area contributed by atoms with Crippen LogP contribution in [0.5, 0.6) is 0 Å². The van der Waals surface area contributed by atoms with Gasteiger partial charge in [0, 0.05) is 6.54 Å². The molecule has 1 N–H and O–H groups in total. The van der Waals surface area contributed by atoms with E-state index < -0.39 is 0 Å². The Morgan fingerprint density at radius 3 is 2.28 bits per heavy atom. The number of hydrogen-bond donors (Lipinski definition) is 1. The van der Waals surface area contributed by atoms with Crippen LogP contribution in [0.4, 0.5) is 0 Å². The number of halogens is 1. The van der Waals surface area contributed by atoms with Gasteiger partial charge in [0.1, 0.15) is 0 Å². The molecule has 0 unspecified atom stereocenters. The average Bonchev–Trinajstić information content (AvgIpc) is 2.38. The zero-order valence-electron chi connectivity index (χ0n) is 10.7. The number of aryl methyl sites for hydroxylation is 1. The normalized spacial score (nSPS) is 9.83. The topological polar surface area (TPSA) is 12.0 Å². The minimum Gasteiger partial charge on any atom is -0.312 e. The van der Waals surface area contributed by atoms with Gasteiger partial charge in [-0.25, -0.2) is 0 Å². The second kappa shape index (κ2) is 7.91. The van der Waals surface area contributed by atoms with E-state index in [1.54, 1.807) is 0 Å². The first-order valence-corrected chi connectivity index (χ1v) is 6.15.